The van der Waals surface area contributed by atoms with Gasteiger partial charge in [0.15, 0.2) is 6.10 Å². The van der Waals surface area contributed by atoms with Gasteiger partial charge in [-0.2, -0.15) is 0 Å². The number of nitrogens with one attached hydrogen (secondary N) is 2. The minimum atomic E-state index is -1.85. The lowest BCUT2D eigenvalue weighted by Gasteiger charge is -2.29. The predicted molar refractivity (Wildman–Crippen MR) is 191 cm³/mol. The van der Waals surface area contributed by atoms with E-state index in [0.717, 1.165) is 22.3 Å². The highest BCUT2D eigenvalue weighted by atomic mass is 35.5. The van der Waals surface area contributed by atoms with Gasteiger partial charge in [0.05, 0.1) is 22.1 Å². The Labute approximate surface area is 291 Å². The van der Waals surface area contributed by atoms with Crippen LogP contribution in [0.3, 0.4) is 0 Å². The number of aliphatic hydroxyl groups is 2. The molecule has 0 aliphatic carbocycles. The number of rotatable bonds is 14. The molecule has 0 fully saturated rings. The van der Waals surface area contributed by atoms with Crippen molar-refractivity contribution in [1.82, 2.24) is 10.6 Å². The van der Waals surface area contributed by atoms with Crippen LogP contribution in [0.2, 0.25) is 10.0 Å². The minimum Gasteiger partial charge on any atom is -0.388 e. The molecule has 0 aliphatic rings. The fourth-order valence-electron chi connectivity index (χ4n) is 5.85. The third kappa shape index (κ3) is 9.55. The summed E-state index contributed by atoms with van der Waals surface area (Å²) in [5, 5.41) is 29.3. The second-order valence-corrected chi connectivity index (χ2v) is 12.6. The van der Waals surface area contributed by atoms with Crippen molar-refractivity contribution in [1.29, 1.82) is 0 Å². The summed E-state index contributed by atoms with van der Waals surface area (Å²) in [5.41, 5.74) is 4.44. The highest BCUT2D eigenvalue weighted by molar-refractivity contribution is 6.42. The molecule has 0 aliphatic heterocycles. The summed E-state index contributed by atoms with van der Waals surface area (Å²) < 4.78 is 0. The van der Waals surface area contributed by atoms with Crippen LogP contribution in [-0.2, 0) is 22.4 Å². The van der Waals surface area contributed by atoms with Crippen LogP contribution >= 0.6 is 23.2 Å². The Balaban J connectivity index is 1.37. The Hall–Kier alpha value is -4.46. The first-order valence-corrected chi connectivity index (χ1v) is 16.6. The molecule has 5 aromatic carbocycles. The predicted octanol–water partition coefficient (Wildman–Crippen LogP) is 7.06. The van der Waals surface area contributed by atoms with Gasteiger partial charge >= 0.3 is 0 Å². The van der Waals surface area contributed by atoms with Crippen LogP contribution < -0.4 is 10.6 Å². The molecule has 0 aromatic heterocycles. The lowest BCUT2D eigenvalue weighted by Crippen LogP contribution is -2.54. The smallest absolute Gasteiger partial charge is 0.252 e. The monoisotopic (exact) mass is 680 g/mol. The number of hydrogen-bond donors (Lipinski definition) is 4. The zero-order valence-electron chi connectivity index (χ0n) is 26.3. The zero-order valence-corrected chi connectivity index (χ0v) is 27.8. The van der Waals surface area contributed by atoms with Gasteiger partial charge in [-0.3, -0.25) is 9.59 Å². The van der Waals surface area contributed by atoms with Gasteiger partial charge in [-0.05, 0) is 52.8 Å². The van der Waals surface area contributed by atoms with Gasteiger partial charge in [0.2, 0.25) is 5.91 Å². The Kier molecular flexibility index (Phi) is 12.4. The van der Waals surface area contributed by atoms with Crippen LogP contribution in [-0.4, -0.2) is 40.3 Å². The van der Waals surface area contributed by atoms with Crippen LogP contribution in [0.15, 0.2) is 140 Å². The summed E-state index contributed by atoms with van der Waals surface area (Å²) in [6.45, 7) is 0. The first-order valence-electron chi connectivity index (χ1n) is 15.9. The molecule has 48 heavy (non-hydrogen) atoms. The van der Waals surface area contributed by atoms with Crippen molar-refractivity contribution in [3.63, 3.8) is 0 Å². The molecule has 0 heterocycles. The van der Waals surface area contributed by atoms with Gasteiger partial charge in [0.25, 0.3) is 5.91 Å². The van der Waals surface area contributed by atoms with Gasteiger partial charge in [0.1, 0.15) is 6.10 Å². The molecule has 0 bridgehead atoms. The summed E-state index contributed by atoms with van der Waals surface area (Å²) in [7, 11) is 0. The number of carbonyl (C=O) groups is 2. The molecule has 4 N–H and O–H groups in total. The zero-order chi connectivity index (χ0) is 33.9. The van der Waals surface area contributed by atoms with Gasteiger partial charge in [0, 0.05) is 12.3 Å². The molecule has 6 nitrogen and oxygen atoms in total. The fraction of sp³-hybridized carbons (Fsp3) is 0.200. The molecular formula is C40H38Cl2N2O4. The van der Waals surface area contributed by atoms with Crippen molar-refractivity contribution >= 4 is 35.0 Å². The maximum atomic E-state index is 13.7. The number of halogens is 2. The first kappa shape index (κ1) is 34.9. The maximum Gasteiger partial charge on any atom is 0.252 e. The molecule has 0 saturated heterocycles. The lowest BCUT2D eigenvalue weighted by molar-refractivity contribution is -0.138. The topological polar surface area (TPSA) is 98.7 Å². The lowest BCUT2D eigenvalue weighted by atomic mass is 9.88. The quantitative estimate of drug-likeness (QED) is 0.101. The fourth-order valence-corrected chi connectivity index (χ4v) is 6.17. The van der Waals surface area contributed by atoms with Crippen LogP contribution in [0.1, 0.15) is 46.2 Å². The van der Waals surface area contributed by atoms with E-state index >= 15 is 0 Å². The molecule has 3 unspecified atom stereocenters. The Morgan fingerprint density at radius 3 is 1.65 bits per heavy atom. The van der Waals surface area contributed by atoms with Crippen LogP contribution in [0.25, 0.3) is 0 Å². The van der Waals surface area contributed by atoms with Crippen molar-refractivity contribution in [2.45, 2.75) is 49.5 Å². The normalized spacial score (nSPS) is 13.7. The number of amides is 2. The van der Waals surface area contributed by atoms with E-state index in [9.17, 15) is 19.8 Å². The molecular weight excluding hydrogens is 643 g/mol. The second-order valence-electron chi connectivity index (χ2n) is 11.8. The Morgan fingerprint density at radius 1 is 0.583 bits per heavy atom. The average Bonchev–Trinajstić information content (AvgIpc) is 3.12. The van der Waals surface area contributed by atoms with Crippen molar-refractivity contribution < 1.29 is 19.8 Å². The van der Waals surface area contributed by atoms with E-state index in [2.05, 4.69) is 10.6 Å². The molecule has 0 spiro atoms. The van der Waals surface area contributed by atoms with E-state index < -0.39 is 30.2 Å². The van der Waals surface area contributed by atoms with E-state index in [-0.39, 0.29) is 24.7 Å². The number of carbonyl (C=O) groups excluding carboxylic acids is 2. The molecule has 0 radical (unpaired) electrons. The van der Waals surface area contributed by atoms with E-state index in [1.165, 1.54) is 0 Å². The maximum absolute atomic E-state index is 13.7. The summed E-state index contributed by atoms with van der Waals surface area (Å²) in [4.78, 5) is 27.3. The largest absolute Gasteiger partial charge is 0.388 e. The molecule has 246 valence electrons. The average molecular weight is 682 g/mol. The molecule has 2 amide bonds. The Morgan fingerprint density at radius 2 is 1.10 bits per heavy atom. The van der Waals surface area contributed by atoms with Gasteiger partial charge in [-0.25, -0.2) is 0 Å². The summed E-state index contributed by atoms with van der Waals surface area (Å²) >= 11 is 12.4. The SMILES string of the molecule is O=C(CC(c1ccccc1)c1ccccc1)NC(Cc1ccc(Cl)c(Cl)c1)C(O)C(O)C(=O)N[C@H](Cc1ccccc1)c1ccccc1. The molecule has 4 atom stereocenters. The van der Waals surface area contributed by atoms with Gasteiger partial charge < -0.3 is 20.8 Å². The first-order chi connectivity index (χ1) is 23.3. The van der Waals surface area contributed by atoms with E-state index in [1.54, 1.807) is 18.2 Å². The van der Waals surface area contributed by atoms with Gasteiger partial charge in [-0.1, -0.05) is 151 Å². The Bertz CT molecular complexity index is 1720. The number of aliphatic hydroxyl groups excluding tert-OH is 2. The molecule has 8 heteroatoms. The number of hydrogen-bond acceptors (Lipinski definition) is 4. The van der Waals surface area contributed by atoms with E-state index in [0.29, 0.717) is 22.0 Å². The highest BCUT2D eigenvalue weighted by Gasteiger charge is 2.34. The summed E-state index contributed by atoms with van der Waals surface area (Å²) in [5.74, 6) is -1.37. The summed E-state index contributed by atoms with van der Waals surface area (Å²) in [6, 6.07) is 42.1. The van der Waals surface area contributed by atoms with Crippen molar-refractivity contribution in [3.8, 4) is 0 Å². The van der Waals surface area contributed by atoms with Crippen molar-refractivity contribution in [3.05, 3.63) is 177 Å². The third-order valence-corrected chi connectivity index (χ3v) is 9.12. The van der Waals surface area contributed by atoms with E-state index in [1.807, 2.05) is 121 Å². The van der Waals surface area contributed by atoms with Crippen LogP contribution in [0.5, 0.6) is 0 Å². The highest BCUT2D eigenvalue weighted by Crippen LogP contribution is 2.29. The standard InChI is InChI=1S/C40H38Cl2N2O4/c41-33-22-21-28(23-34(33)42)25-36(43-37(45)26-32(29-15-7-2-8-16-29)30-17-9-3-10-18-30)38(46)39(47)40(48)44-35(31-19-11-4-12-20-31)24-27-13-5-1-6-14-27/h1-23,32,35-36,38-39,46-47H,24-26H2,(H,43,45)(H,44,48)/t35-,36?,38?,39?/m1/s1. The molecule has 0 saturated carbocycles. The summed E-state index contributed by atoms with van der Waals surface area (Å²) in [6.07, 6.45) is -2.86. The molecule has 5 rings (SSSR count). The number of benzene rings is 5. The minimum absolute atomic E-state index is 0.0774. The molecule has 5 aromatic rings. The van der Waals surface area contributed by atoms with Crippen molar-refractivity contribution in [2.75, 3.05) is 0 Å². The third-order valence-electron chi connectivity index (χ3n) is 8.38. The van der Waals surface area contributed by atoms with E-state index in [4.69, 9.17) is 23.2 Å². The van der Waals surface area contributed by atoms with Crippen LogP contribution in [0.4, 0.5) is 0 Å². The van der Waals surface area contributed by atoms with Crippen molar-refractivity contribution in [2.24, 2.45) is 0 Å². The second kappa shape index (κ2) is 17.1. The van der Waals surface area contributed by atoms with Crippen LogP contribution in [0, 0.1) is 0 Å². The van der Waals surface area contributed by atoms with Gasteiger partial charge in [-0.15, -0.1) is 0 Å².